The highest BCUT2D eigenvalue weighted by atomic mass is 35.5. The Labute approximate surface area is 207 Å². The van der Waals surface area contributed by atoms with Crippen LogP contribution in [-0.2, 0) is 10.0 Å². The number of methoxy groups -OCH3 is 1. The van der Waals surface area contributed by atoms with Crippen molar-refractivity contribution in [2.45, 2.75) is 4.21 Å². The van der Waals surface area contributed by atoms with E-state index in [4.69, 9.17) is 27.9 Å². The summed E-state index contributed by atoms with van der Waals surface area (Å²) in [6, 6.07) is 12.0. The van der Waals surface area contributed by atoms with E-state index < -0.39 is 21.6 Å². The molecule has 0 atom stereocenters. The van der Waals surface area contributed by atoms with Crippen molar-refractivity contribution in [3.8, 4) is 17.3 Å². The number of hydrogen-bond donors (Lipinski definition) is 3. The molecule has 13 heteroatoms. The maximum atomic E-state index is 12.7. The van der Waals surface area contributed by atoms with Crippen LogP contribution in [0.5, 0.6) is 11.6 Å². The lowest BCUT2D eigenvalue weighted by Crippen LogP contribution is -2.33. The van der Waals surface area contributed by atoms with Crippen LogP contribution < -0.4 is 20.3 Å². The van der Waals surface area contributed by atoms with Gasteiger partial charge in [0.2, 0.25) is 5.88 Å². The van der Waals surface area contributed by atoms with E-state index in [1.54, 1.807) is 18.2 Å². The number of rotatable bonds is 5. The Morgan fingerprint density at radius 3 is 2.50 bits per heavy atom. The first kappa shape index (κ1) is 23.9. The molecule has 176 valence electrons. The van der Waals surface area contributed by atoms with E-state index >= 15 is 0 Å². The molecule has 9 nitrogen and oxygen atoms in total. The van der Waals surface area contributed by atoms with Gasteiger partial charge in [0.25, 0.3) is 15.6 Å². The average molecular weight is 540 g/mol. The van der Waals surface area contributed by atoms with Crippen LogP contribution in [0.3, 0.4) is 0 Å². The van der Waals surface area contributed by atoms with Crippen LogP contribution in [0.15, 0.2) is 63.6 Å². The minimum Gasteiger partial charge on any atom is -0.497 e. The van der Waals surface area contributed by atoms with Crippen LogP contribution in [0, 0.1) is 0 Å². The van der Waals surface area contributed by atoms with Crippen LogP contribution >= 0.6 is 34.5 Å². The fraction of sp³-hybridized carbons (Fsp3) is 0.0476. The lowest BCUT2D eigenvalue weighted by Gasteiger charge is -2.14. The molecule has 0 unspecified atom stereocenters. The summed E-state index contributed by atoms with van der Waals surface area (Å²) in [6.07, 6.45) is 0. The predicted molar refractivity (Wildman–Crippen MR) is 131 cm³/mol. The van der Waals surface area contributed by atoms with Crippen molar-refractivity contribution in [3.05, 3.63) is 74.3 Å². The van der Waals surface area contributed by atoms with E-state index in [-0.39, 0.29) is 30.8 Å². The molecule has 2 aromatic heterocycles. The quantitative estimate of drug-likeness (QED) is 0.340. The zero-order valence-electron chi connectivity index (χ0n) is 17.2. The van der Waals surface area contributed by atoms with Gasteiger partial charge in [0, 0.05) is 17.1 Å². The number of carbonyl (C=O) groups is 1. The number of amides is 2. The fourth-order valence-corrected chi connectivity index (χ4v) is 5.83. The van der Waals surface area contributed by atoms with Crippen molar-refractivity contribution >= 4 is 67.1 Å². The van der Waals surface area contributed by atoms with Crippen LogP contribution in [-0.4, -0.2) is 31.2 Å². The maximum absolute atomic E-state index is 12.7. The average Bonchev–Trinajstić information content (AvgIpc) is 3.22. The third kappa shape index (κ3) is 4.68. The molecule has 2 heterocycles. The van der Waals surface area contributed by atoms with E-state index in [0.717, 1.165) is 15.9 Å². The number of urea groups is 1. The van der Waals surface area contributed by atoms with E-state index in [1.807, 2.05) is 4.72 Å². The van der Waals surface area contributed by atoms with Crippen molar-refractivity contribution in [1.29, 1.82) is 0 Å². The number of nitrogens with zero attached hydrogens (tertiary/aromatic N) is 1. The Morgan fingerprint density at radius 1 is 1.09 bits per heavy atom. The third-order valence-corrected chi connectivity index (χ3v) is 8.06. The van der Waals surface area contributed by atoms with E-state index in [0.29, 0.717) is 16.5 Å². The zero-order valence-corrected chi connectivity index (χ0v) is 20.3. The number of nitrogens with one attached hydrogen (secondary N) is 2. The standard InChI is InChI=1S/C21H15Cl2N3O6S2/c1-32-13-4-2-11-8-18(27)26(20(28)14(11)10-13)16-5-3-12(9-15(16)22)24-21(29)25-34(30,31)19-7-6-17(23)33-19/h2-10,28H,1H3,(H2,24,25,29). The zero-order chi connectivity index (χ0) is 24.6. The molecule has 0 saturated heterocycles. The van der Waals surface area contributed by atoms with Gasteiger partial charge in [0.15, 0.2) is 0 Å². The number of anilines is 1. The molecule has 0 saturated carbocycles. The third-order valence-electron chi connectivity index (χ3n) is 4.70. The largest absolute Gasteiger partial charge is 0.497 e. The number of thiophene rings is 1. The van der Waals surface area contributed by atoms with Crippen LogP contribution in [0.4, 0.5) is 10.5 Å². The van der Waals surface area contributed by atoms with Gasteiger partial charge in [0.05, 0.1) is 22.2 Å². The lowest BCUT2D eigenvalue weighted by atomic mass is 10.1. The van der Waals surface area contributed by atoms with Crippen molar-refractivity contribution < 1.29 is 23.1 Å². The second kappa shape index (κ2) is 9.18. The second-order valence-electron chi connectivity index (χ2n) is 6.88. The number of fused-ring (bicyclic) bond motifs is 1. The number of halogens is 2. The number of sulfonamides is 1. The molecule has 0 spiro atoms. The molecule has 34 heavy (non-hydrogen) atoms. The lowest BCUT2D eigenvalue weighted by molar-refractivity contribution is 0.256. The number of ether oxygens (including phenoxy) is 1. The van der Waals surface area contributed by atoms with Gasteiger partial charge in [-0.1, -0.05) is 29.3 Å². The number of aromatic hydroxyl groups is 1. The molecule has 0 radical (unpaired) electrons. The molecule has 0 fully saturated rings. The number of benzene rings is 2. The molecule has 4 aromatic rings. The number of pyridine rings is 1. The molecule has 3 N–H and O–H groups in total. The highest BCUT2D eigenvalue weighted by molar-refractivity contribution is 7.92. The van der Waals surface area contributed by atoms with Crippen molar-refractivity contribution in [2.75, 3.05) is 12.4 Å². The van der Waals surface area contributed by atoms with Crippen molar-refractivity contribution in [1.82, 2.24) is 9.29 Å². The first-order valence-corrected chi connectivity index (χ1v) is 12.5. The molecular weight excluding hydrogens is 525 g/mol. The normalized spacial score (nSPS) is 11.4. The van der Waals surface area contributed by atoms with Crippen LogP contribution in [0.25, 0.3) is 16.5 Å². The van der Waals surface area contributed by atoms with E-state index in [1.165, 1.54) is 43.5 Å². The summed E-state index contributed by atoms with van der Waals surface area (Å²) in [5, 5.41) is 14.0. The summed E-state index contributed by atoms with van der Waals surface area (Å²) in [5.74, 6) is 0.145. The maximum Gasteiger partial charge on any atom is 0.333 e. The predicted octanol–water partition coefficient (Wildman–Crippen LogP) is 4.58. The SMILES string of the molecule is COc1ccc2cc(=O)n(-c3ccc(NC(=O)NS(=O)(=O)c4ccc(Cl)s4)cc3Cl)c(O)c2c1. The summed E-state index contributed by atoms with van der Waals surface area (Å²) in [7, 11) is -2.63. The smallest absolute Gasteiger partial charge is 0.333 e. The summed E-state index contributed by atoms with van der Waals surface area (Å²) >= 11 is 12.9. The fourth-order valence-electron chi connectivity index (χ4n) is 3.17. The highest BCUT2D eigenvalue weighted by Crippen LogP contribution is 2.32. The van der Waals surface area contributed by atoms with Gasteiger partial charge in [-0.25, -0.2) is 22.5 Å². The van der Waals surface area contributed by atoms with Crippen LogP contribution in [0.1, 0.15) is 0 Å². The Bertz CT molecular complexity index is 1600. The van der Waals surface area contributed by atoms with Gasteiger partial charge < -0.3 is 15.2 Å². The topological polar surface area (TPSA) is 127 Å². The number of hydrogen-bond acceptors (Lipinski definition) is 7. The summed E-state index contributed by atoms with van der Waals surface area (Å²) in [6.45, 7) is 0. The van der Waals surface area contributed by atoms with Gasteiger partial charge >= 0.3 is 6.03 Å². The molecule has 0 bridgehead atoms. The molecule has 4 rings (SSSR count). The first-order valence-electron chi connectivity index (χ1n) is 9.41. The van der Waals surface area contributed by atoms with Crippen molar-refractivity contribution in [2.24, 2.45) is 0 Å². The minimum atomic E-state index is -4.11. The van der Waals surface area contributed by atoms with Gasteiger partial charge in [0.1, 0.15) is 9.96 Å². The van der Waals surface area contributed by atoms with E-state index in [9.17, 15) is 23.1 Å². The molecule has 0 aliphatic carbocycles. The second-order valence-corrected chi connectivity index (χ2v) is 10.9. The Balaban J connectivity index is 1.62. The molecular formula is C21H15Cl2N3O6S2. The molecule has 2 aromatic carbocycles. The van der Waals surface area contributed by atoms with Crippen LogP contribution in [0.2, 0.25) is 9.36 Å². The number of carbonyl (C=O) groups excluding carboxylic acids is 1. The Hall–Kier alpha value is -3.25. The number of aromatic nitrogens is 1. The van der Waals surface area contributed by atoms with Gasteiger partial charge in [-0.3, -0.25) is 4.79 Å². The van der Waals surface area contributed by atoms with E-state index in [2.05, 4.69) is 5.32 Å². The Morgan fingerprint density at radius 2 is 1.85 bits per heavy atom. The summed E-state index contributed by atoms with van der Waals surface area (Å²) in [4.78, 5) is 24.9. The first-order chi connectivity index (χ1) is 16.1. The minimum absolute atomic E-state index is 0.0188. The summed E-state index contributed by atoms with van der Waals surface area (Å²) < 4.78 is 32.7. The molecule has 0 aliphatic heterocycles. The van der Waals surface area contributed by atoms with Gasteiger partial charge in [-0.05, 0) is 47.9 Å². The monoisotopic (exact) mass is 539 g/mol. The molecule has 2 amide bonds. The van der Waals surface area contributed by atoms with Crippen molar-refractivity contribution in [3.63, 3.8) is 0 Å². The highest BCUT2D eigenvalue weighted by Gasteiger charge is 2.20. The van der Waals surface area contributed by atoms with Gasteiger partial charge in [-0.15, -0.1) is 11.3 Å². The van der Waals surface area contributed by atoms with Gasteiger partial charge in [-0.2, -0.15) is 0 Å². The molecule has 0 aliphatic rings. The summed E-state index contributed by atoms with van der Waals surface area (Å²) in [5.41, 5.74) is -0.224. The Kier molecular flexibility index (Phi) is 6.45.